The standard InChI is InChI=1S/C26H31N3O6S/c1-18(26(32)28-19-8-4-2-5-9-19)29(21-10-6-3-7-11-21)25(31)16-36(33)15-24(30)27-20-12-13-22-23(14-20)35-17-34-22/h3,6-7,10-14,18-19H,2,4-5,8-9,15-17H2,1H3,(H,27,30)(H,28,32)/t18-,36+/m0/s1. The summed E-state index contributed by atoms with van der Waals surface area (Å²) in [6.45, 7) is 1.78. The van der Waals surface area contributed by atoms with Crippen molar-refractivity contribution in [1.82, 2.24) is 5.32 Å². The van der Waals surface area contributed by atoms with E-state index in [2.05, 4.69) is 10.6 Å². The van der Waals surface area contributed by atoms with E-state index in [1.807, 2.05) is 6.07 Å². The fourth-order valence-electron chi connectivity index (χ4n) is 4.43. The molecule has 1 heterocycles. The first-order valence-electron chi connectivity index (χ1n) is 12.1. The van der Waals surface area contributed by atoms with Crippen molar-refractivity contribution < 1.29 is 28.1 Å². The van der Waals surface area contributed by atoms with E-state index in [0.29, 0.717) is 22.9 Å². The molecular weight excluding hydrogens is 482 g/mol. The number of hydrogen-bond acceptors (Lipinski definition) is 6. The van der Waals surface area contributed by atoms with Crippen LogP contribution in [0.5, 0.6) is 11.5 Å². The molecule has 0 unspecified atom stereocenters. The second kappa shape index (κ2) is 12.0. The summed E-state index contributed by atoms with van der Waals surface area (Å²) in [5, 5.41) is 5.73. The van der Waals surface area contributed by atoms with Crippen LogP contribution in [0.1, 0.15) is 39.0 Å². The second-order valence-electron chi connectivity index (χ2n) is 8.96. The highest BCUT2D eigenvalue weighted by Crippen LogP contribution is 2.34. The lowest BCUT2D eigenvalue weighted by atomic mass is 9.95. The average molecular weight is 514 g/mol. The zero-order chi connectivity index (χ0) is 25.5. The van der Waals surface area contributed by atoms with Crippen molar-refractivity contribution in [2.45, 2.75) is 51.1 Å². The number of nitrogens with zero attached hydrogens (tertiary/aromatic N) is 1. The van der Waals surface area contributed by atoms with Gasteiger partial charge in [-0.3, -0.25) is 23.5 Å². The molecule has 1 fully saturated rings. The van der Waals surface area contributed by atoms with E-state index < -0.39 is 28.7 Å². The summed E-state index contributed by atoms with van der Waals surface area (Å²) in [6.07, 6.45) is 5.19. The van der Waals surface area contributed by atoms with E-state index in [4.69, 9.17) is 9.47 Å². The van der Waals surface area contributed by atoms with Gasteiger partial charge in [0.2, 0.25) is 24.5 Å². The van der Waals surface area contributed by atoms with Gasteiger partial charge in [-0.15, -0.1) is 0 Å². The number of hydrogen-bond donors (Lipinski definition) is 2. The molecule has 2 aromatic carbocycles. The van der Waals surface area contributed by atoms with Crippen molar-refractivity contribution in [2.24, 2.45) is 0 Å². The summed E-state index contributed by atoms with van der Waals surface area (Å²) >= 11 is 0. The van der Waals surface area contributed by atoms with Crippen molar-refractivity contribution >= 4 is 39.9 Å². The first-order chi connectivity index (χ1) is 17.4. The van der Waals surface area contributed by atoms with Crippen LogP contribution < -0.4 is 25.0 Å². The molecule has 36 heavy (non-hydrogen) atoms. The molecule has 2 atom stereocenters. The van der Waals surface area contributed by atoms with Gasteiger partial charge in [0, 0.05) is 34.3 Å². The molecule has 1 saturated carbocycles. The molecule has 9 nitrogen and oxygen atoms in total. The van der Waals surface area contributed by atoms with Crippen LogP contribution >= 0.6 is 0 Å². The molecule has 0 bridgehead atoms. The predicted molar refractivity (Wildman–Crippen MR) is 137 cm³/mol. The summed E-state index contributed by atoms with van der Waals surface area (Å²) in [5.74, 6) is -0.856. The fourth-order valence-corrected chi connectivity index (χ4v) is 5.32. The van der Waals surface area contributed by atoms with E-state index in [1.165, 1.54) is 11.3 Å². The molecule has 3 amide bonds. The van der Waals surface area contributed by atoms with Gasteiger partial charge >= 0.3 is 0 Å². The molecule has 2 aliphatic rings. The molecule has 0 spiro atoms. The summed E-state index contributed by atoms with van der Waals surface area (Å²) in [6, 6.07) is 13.1. The number of ether oxygens (including phenoxy) is 2. The van der Waals surface area contributed by atoms with Crippen LogP contribution in [0.25, 0.3) is 0 Å². The molecule has 2 aromatic rings. The van der Waals surface area contributed by atoms with Gasteiger partial charge < -0.3 is 20.1 Å². The zero-order valence-electron chi connectivity index (χ0n) is 20.2. The number of para-hydroxylation sites is 1. The number of nitrogens with one attached hydrogen (secondary N) is 2. The first kappa shape index (κ1) is 25.7. The van der Waals surface area contributed by atoms with Crippen LogP contribution in [0, 0.1) is 0 Å². The van der Waals surface area contributed by atoms with Crippen molar-refractivity contribution in [3.05, 3.63) is 48.5 Å². The molecule has 2 N–H and O–H groups in total. The zero-order valence-corrected chi connectivity index (χ0v) is 21.1. The van der Waals surface area contributed by atoms with Gasteiger partial charge in [0.15, 0.2) is 11.5 Å². The average Bonchev–Trinajstić information content (AvgIpc) is 3.33. The number of anilines is 2. The van der Waals surface area contributed by atoms with Crippen LogP contribution in [0.2, 0.25) is 0 Å². The number of carbonyl (C=O) groups excluding carboxylic acids is 3. The van der Waals surface area contributed by atoms with Gasteiger partial charge in [-0.2, -0.15) is 0 Å². The van der Waals surface area contributed by atoms with Crippen LogP contribution in [-0.4, -0.2) is 52.3 Å². The third-order valence-electron chi connectivity index (χ3n) is 6.25. The summed E-state index contributed by atoms with van der Waals surface area (Å²) in [5.41, 5.74) is 1.02. The Morgan fingerprint density at radius 1 is 1.00 bits per heavy atom. The maximum Gasteiger partial charge on any atom is 0.243 e. The smallest absolute Gasteiger partial charge is 0.243 e. The van der Waals surface area contributed by atoms with E-state index >= 15 is 0 Å². The fraction of sp³-hybridized carbons (Fsp3) is 0.423. The third-order valence-corrected chi connectivity index (χ3v) is 7.41. The van der Waals surface area contributed by atoms with Crippen LogP contribution in [0.3, 0.4) is 0 Å². The van der Waals surface area contributed by atoms with Crippen molar-refractivity contribution in [3.63, 3.8) is 0 Å². The van der Waals surface area contributed by atoms with E-state index in [9.17, 15) is 18.6 Å². The number of amides is 3. The molecule has 4 rings (SSSR count). The molecule has 10 heteroatoms. The van der Waals surface area contributed by atoms with Gasteiger partial charge in [0.1, 0.15) is 17.5 Å². The topological polar surface area (TPSA) is 114 Å². The summed E-state index contributed by atoms with van der Waals surface area (Å²) in [7, 11) is -1.77. The van der Waals surface area contributed by atoms with Gasteiger partial charge in [-0.1, -0.05) is 37.5 Å². The Morgan fingerprint density at radius 3 is 2.47 bits per heavy atom. The molecule has 192 valence electrons. The lowest BCUT2D eigenvalue weighted by Crippen LogP contribution is -2.52. The molecular formula is C26H31N3O6S. The minimum atomic E-state index is -1.77. The first-order valence-corrected chi connectivity index (χ1v) is 13.6. The molecule has 1 aliphatic heterocycles. The van der Waals surface area contributed by atoms with E-state index in [0.717, 1.165) is 25.7 Å². The van der Waals surface area contributed by atoms with Crippen LogP contribution in [0.15, 0.2) is 48.5 Å². The second-order valence-corrected chi connectivity index (χ2v) is 10.4. The maximum absolute atomic E-state index is 13.3. The minimum Gasteiger partial charge on any atom is -0.454 e. The van der Waals surface area contributed by atoms with Crippen molar-refractivity contribution in [2.75, 3.05) is 28.5 Å². The third kappa shape index (κ3) is 6.63. The number of benzene rings is 2. The molecule has 0 radical (unpaired) electrons. The molecule has 0 saturated heterocycles. The van der Waals surface area contributed by atoms with Gasteiger partial charge in [-0.25, -0.2) is 0 Å². The lowest BCUT2D eigenvalue weighted by molar-refractivity contribution is -0.126. The normalized spacial score (nSPS) is 16.6. The Bertz CT molecular complexity index is 1120. The summed E-state index contributed by atoms with van der Waals surface area (Å²) in [4.78, 5) is 40.1. The Balaban J connectivity index is 1.37. The number of fused-ring (bicyclic) bond motifs is 1. The summed E-state index contributed by atoms with van der Waals surface area (Å²) < 4.78 is 23.3. The molecule has 1 aliphatic carbocycles. The molecule has 0 aromatic heterocycles. The van der Waals surface area contributed by atoms with Crippen molar-refractivity contribution in [1.29, 1.82) is 0 Å². The highest BCUT2D eigenvalue weighted by molar-refractivity contribution is 7.86. The van der Waals surface area contributed by atoms with Gasteiger partial charge in [-0.05, 0) is 44.0 Å². The van der Waals surface area contributed by atoms with Crippen molar-refractivity contribution in [3.8, 4) is 11.5 Å². The van der Waals surface area contributed by atoms with Crippen LogP contribution in [0.4, 0.5) is 11.4 Å². The highest BCUT2D eigenvalue weighted by Gasteiger charge is 2.30. The van der Waals surface area contributed by atoms with Gasteiger partial charge in [0.05, 0.1) is 0 Å². The Labute approximate surface area is 213 Å². The Hall–Kier alpha value is -3.40. The number of rotatable bonds is 9. The largest absolute Gasteiger partial charge is 0.454 e. The number of carbonyl (C=O) groups is 3. The highest BCUT2D eigenvalue weighted by atomic mass is 32.2. The minimum absolute atomic E-state index is 0.107. The Kier molecular flexibility index (Phi) is 8.58. The monoisotopic (exact) mass is 513 g/mol. The van der Waals surface area contributed by atoms with E-state index in [-0.39, 0.29) is 30.2 Å². The lowest BCUT2D eigenvalue weighted by Gasteiger charge is -2.31. The Morgan fingerprint density at radius 2 is 1.72 bits per heavy atom. The predicted octanol–water partition coefficient (Wildman–Crippen LogP) is 2.97. The SMILES string of the molecule is C[C@@H](C(=O)NC1CCCCC1)N(C(=O)C[S@](=O)CC(=O)Nc1ccc2c(c1)OCO2)c1ccccc1. The van der Waals surface area contributed by atoms with Crippen LogP contribution in [-0.2, 0) is 25.2 Å². The quantitative estimate of drug-likeness (QED) is 0.533. The van der Waals surface area contributed by atoms with E-state index in [1.54, 1.807) is 49.4 Å². The maximum atomic E-state index is 13.3. The van der Waals surface area contributed by atoms with Gasteiger partial charge in [0.25, 0.3) is 0 Å².